The van der Waals surface area contributed by atoms with Crippen LogP contribution in [0.1, 0.15) is 77.1 Å². The molecule has 2 N–H and O–H groups in total. The van der Waals surface area contributed by atoms with Crippen molar-refractivity contribution in [3.8, 4) is 10.4 Å². The van der Waals surface area contributed by atoms with Gasteiger partial charge in [0.05, 0.1) is 16.1 Å². The van der Waals surface area contributed by atoms with Crippen LogP contribution in [-0.2, 0) is 27.3 Å². The third-order valence-electron chi connectivity index (χ3n) is 7.62. The van der Waals surface area contributed by atoms with Crippen LogP contribution in [0.15, 0.2) is 23.7 Å². The molecule has 2 unspecified atom stereocenters. The maximum Gasteiger partial charge on any atom is 0.258 e. The summed E-state index contributed by atoms with van der Waals surface area (Å²) in [6, 6.07) is 4.81. The van der Waals surface area contributed by atoms with E-state index in [1.807, 2.05) is 33.2 Å². The summed E-state index contributed by atoms with van der Waals surface area (Å²) < 4.78 is 14.4. The Hall–Kier alpha value is -2.81. The van der Waals surface area contributed by atoms with E-state index in [1.165, 1.54) is 5.56 Å². The molecule has 2 fully saturated rings. The molecule has 9 heteroatoms. The number of aryl methyl sites for hydroxylation is 1. The SMILES string of the molecule is Cc1ncsc1-c1ccc(CNC(=O)C2CCCN2C(=O)C(NC(=O)C2(F)CC2)C(C)(C)C)c(CC(C)C)c1. The summed E-state index contributed by atoms with van der Waals surface area (Å²) in [6.07, 6.45) is 2.50. The molecule has 4 rings (SSSR count). The smallest absolute Gasteiger partial charge is 0.258 e. The molecule has 0 spiro atoms. The van der Waals surface area contributed by atoms with Crippen LogP contribution in [0.5, 0.6) is 0 Å². The number of likely N-dealkylation sites (tertiary alicyclic amines) is 1. The fraction of sp³-hybridized carbons (Fsp3) is 0.600. The quantitative estimate of drug-likeness (QED) is 0.457. The van der Waals surface area contributed by atoms with Crippen LogP contribution in [0.3, 0.4) is 0 Å². The lowest BCUT2D eigenvalue weighted by atomic mass is 9.85. The van der Waals surface area contributed by atoms with Crippen molar-refractivity contribution in [2.75, 3.05) is 6.54 Å². The number of halogens is 1. The normalized spacial score (nSPS) is 19.2. The highest BCUT2D eigenvalue weighted by molar-refractivity contribution is 7.13. The van der Waals surface area contributed by atoms with Crippen LogP contribution in [0.4, 0.5) is 4.39 Å². The van der Waals surface area contributed by atoms with Crippen LogP contribution in [0, 0.1) is 18.3 Å². The number of hydrogen-bond acceptors (Lipinski definition) is 5. The van der Waals surface area contributed by atoms with Gasteiger partial charge < -0.3 is 15.5 Å². The molecular weight excluding hydrogens is 515 g/mol. The van der Waals surface area contributed by atoms with E-state index in [0.29, 0.717) is 31.8 Å². The number of carbonyl (C=O) groups excluding carboxylic acids is 3. The first-order chi connectivity index (χ1) is 18.3. The molecule has 0 bridgehead atoms. The number of aromatic nitrogens is 1. The third-order valence-corrected chi connectivity index (χ3v) is 8.60. The fourth-order valence-corrected chi connectivity index (χ4v) is 5.97. The Labute approximate surface area is 235 Å². The van der Waals surface area contributed by atoms with E-state index in [-0.39, 0.29) is 24.7 Å². The minimum atomic E-state index is -1.87. The van der Waals surface area contributed by atoms with Gasteiger partial charge in [0.15, 0.2) is 5.67 Å². The van der Waals surface area contributed by atoms with E-state index >= 15 is 0 Å². The van der Waals surface area contributed by atoms with Gasteiger partial charge in [-0.2, -0.15) is 0 Å². The van der Waals surface area contributed by atoms with Gasteiger partial charge >= 0.3 is 0 Å². The van der Waals surface area contributed by atoms with Crippen molar-refractivity contribution in [2.24, 2.45) is 11.3 Å². The zero-order valence-electron chi connectivity index (χ0n) is 23.9. The van der Waals surface area contributed by atoms with Crippen molar-refractivity contribution >= 4 is 29.1 Å². The van der Waals surface area contributed by atoms with Crippen LogP contribution < -0.4 is 10.6 Å². The highest BCUT2D eigenvalue weighted by Gasteiger charge is 2.53. The number of amides is 3. The number of nitrogens with one attached hydrogen (secondary N) is 2. The molecule has 212 valence electrons. The van der Waals surface area contributed by atoms with Crippen LogP contribution in [0.2, 0.25) is 0 Å². The van der Waals surface area contributed by atoms with E-state index in [9.17, 15) is 18.8 Å². The van der Waals surface area contributed by atoms with Gasteiger partial charge in [-0.1, -0.05) is 46.8 Å². The minimum absolute atomic E-state index is 0.183. The zero-order chi connectivity index (χ0) is 28.5. The maximum atomic E-state index is 14.4. The highest BCUT2D eigenvalue weighted by Crippen LogP contribution is 2.40. The molecular formula is C30H41FN4O3S. The minimum Gasteiger partial charge on any atom is -0.350 e. The number of rotatable bonds is 9. The second-order valence-electron chi connectivity index (χ2n) is 12.5. The van der Waals surface area contributed by atoms with E-state index in [2.05, 4.69) is 47.7 Å². The summed E-state index contributed by atoms with van der Waals surface area (Å²) >= 11 is 1.62. The fourth-order valence-electron chi connectivity index (χ4n) is 5.16. The van der Waals surface area contributed by atoms with Gasteiger partial charge in [0.2, 0.25) is 11.8 Å². The molecule has 7 nitrogen and oxygen atoms in total. The summed E-state index contributed by atoms with van der Waals surface area (Å²) in [6.45, 7) is 12.7. The van der Waals surface area contributed by atoms with Gasteiger partial charge in [-0.25, -0.2) is 9.37 Å². The first-order valence-electron chi connectivity index (χ1n) is 13.9. The molecule has 1 saturated heterocycles. The van der Waals surface area contributed by atoms with E-state index < -0.39 is 29.1 Å². The number of carbonyl (C=O) groups is 3. The van der Waals surface area contributed by atoms with Crippen molar-refractivity contribution in [3.05, 3.63) is 40.5 Å². The van der Waals surface area contributed by atoms with Crippen molar-refractivity contribution in [3.63, 3.8) is 0 Å². The van der Waals surface area contributed by atoms with Crippen molar-refractivity contribution < 1.29 is 18.8 Å². The Bertz CT molecular complexity index is 1230. The topological polar surface area (TPSA) is 91.4 Å². The van der Waals surface area contributed by atoms with Crippen molar-refractivity contribution in [1.82, 2.24) is 20.5 Å². The van der Waals surface area contributed by atoms with E-state index in [4.69, 9.17) is 0 Å². The maximum absolute atomic E-state index is 14.4. The summed E-state index contributed by atoms with van der Waals surface area (Å²) in [5.74, 6) is -0.820. The largest absolute Gasteiger partial charge is 0.350 e. The van der Waals surface area contributed by atoms with Crippen LogP contribution in [0.25, 0.3) is 10.4 Å². The number of thiazole rings is 1. The second-order valence-corrected chi connectivity index (χ2v) is 13.3. The number of benzene rings is 1. The van der Waals surface area contributed by atoms with Gasteiger partial charge in [0.25, 0.3) is 5.91 Å². The lowest BCUT2D eigenvalue weighted by molar-refractivity contribution is -0.144. The lowest BCUT2D eigenvalue weighted by Gasteiger charge is -2.35. The molecule has 2 heterocycles. The number of alkyl halides is 1. The van der Waals surface area contributed by atoms with Gasteiger partial charge in [0, 0.05) is 13.1 Å². The van der Waals surface area contributed by atoms with E-state index in [1.54, 1.807) is 16.2 Å². The molecule has 39 heavy (non-hydrogen) atoms. The molecule has 1 aromatic carbocycles. The number of nitrogens with zero attached hydrogens (tertiary/aromatic N) is 2. The molecule has 1 aliphatic heterocycles. The third kappa shape index (κ3) is 6.68. The molecule has 2 aliphatic rings. The summed E-state index contributed by atoms with van der Waals surface area (Å²) in [4.78, 5) is 46.5. The Morgan fingerprint density at radius 1 is 1.21 bits per heavy atom. The average molecular weight is 557 g/mol. The molecule has 3 amide bonds. The number of hydrogen-bond donors (Lipinski definition) is 2. The Kier molecular flexibility index (Phi) is 8.50. The van der Waals surface area contributed by atoms with Gasteiger partial charge in [-0.3, -0.25) is 14.4 Å². The van der Waals surface area contributed by atoms with Gasteiger partial charge in [0.1, 0.15) is 12.1 Å². The predicted octanol–water partition coefficient (Wildman–Crippen LogP) is 4.96. The Morgan fingerprint density at radius 3 is 2.51 bits per heavy atom. The molecule has 1 aromatic heterocycles. The predicted molar refractivity (Wildman–Crippen MR) is 152 cm³/mol. The first kappa shape index (κ1) is 29.2. The first-order valence-corrected chi connectivity index (χ1v) is 14.8. The molecule has 1 saturated carbocycles. The summed E-state index contributed by atoms with van der Waals surface area (Å²) in [5, 5.41) is 5.73. The average Bonchev–Trinajstić information content (AvgIpc) is 3.24. The van der Waals surface area contributed by atoms with Gasteiger partial charge in [-0.05, 0) is 73.1 Å². The Morgan fingerprint density at radius 2 is 1.92 bits per heavy atom. The Balaban J connectivity index is 1.47. The monoisotopic (exact) mass is 556 g/mol. The second kappa shape index (κ2) is 11.4. The highest BCUT2D eigenvalue weighted by atomic mass is 32.1. The summed E-state index contributed by atoms with van der Waals surface area (Å²) in [7, 11) is 0. The van der Waals surface area contributed by atoms with E-state index in [0.717, 1.165) is 28.1 Å². The molecule has 2 aromatic rings. The van der Waals surface area contributed by atoms with Crippen molar-refractivity contribution in [1.29, 1.82) is 0 Å². The molecule has 2 atom stereocenters. The summed E-state index contributed by atoms with van der Waals surface area (Å²) in [5.41, 5.74) is 3.73. The van der Waals surface area contributed by atoms with Gasteiger partial charge in [-0.15, -0.1) is 11.3 Å². The zero-order valence-corrected chi connectivity index (χ0v) is 24.7. The van der Waals surface area contributed by atoms with Crippen molar-refractivity contribution in [2.45, 2.75) is 97.9 Å². The standard InChI is InChI=1S/C30H41FN4O3S/c1-18(2)14-22-15-20(24-19(3)33-17-39-24)9-10-21(22)16-32-26(36)23-8-7-13-35(23)27(37)25(29(4,5)6)34-28(38)30(31)11-12-30/h9-10,15,17-18,23,25H,7-8,11-14,16H2,1-6H3,(H,32,36)(H,34,38). The van der Waals surface area contributed by atoms with Crippen LogP contribution in [-0.4, -0.2) is 51.9 Å². The molecule has 0 radical (unpaired) electrons. The van der Waals surface area contributed by atoms with Crippen LogP contribution >= 0.6 is 11.3 Å². The lowest BCUT2D eigenvalue weighted by Crippen LogP contribution is -2.58. The molecule has 1 aliphatic carbocycles.